The van der Waals surface area contributed by atoms with E-state index < -0.39 is 0 Å². The SMILES string of the molecule is CCCc1ccc(OCc2ccc(C(=O)Nc3ccc(C(=O)OC(C)C)cc3)cc2)cc1. The second-order valence-corrected chi connectivity index (χ2v) is 7.87. The lowest BCUT2D eigenvalue weighted by molar-refractivity contribution is 0.0378. The number of anilines is 1. The number of aryl methyl sites for hydroxylation is 1. The van der Waals surface area contributed by atoms with Crippen LogP contribution in [0.4, 0.5) is 5.69 Å². The number of nitrogens with one attached hydrogen (secondary N) is 1. The summed E-state index contributed by atoms with van der Waals surface area (Å²) in [6.45, 7) is 6.20. The van der Waals surface area contributed by atoms with Gasteiger partial charge in [0.25, 0.3) is 5.91 Å². The summed E-state index contributed by atoms with van der Waals surface area (Å²) >= 11 is 0. The summed E-state index contributed by atoms with van der Waals surface area (Å²) in [6.07, 6.45) is 2.01. The molecule has 3 aromatic carbocycles. The van der Waals surface area contributed by atoms with Gasteiger partial charge in [-0.1, -0.05) is 37.6 Å². The normalized spacial score (nSPS) is 10.6. The van der Waals surface area contributed by atoms with Gasteiger partial charge >= 0.3 is 5.97 Å². The first kappa shape index (κ1) is 23.1. The molecule has 166 valence electrons. The molecular weight excluding hydrogens is 402 g/mol. The van der Waals surface area contributed by atoms with Crippen molar-refractivity contribution in [3.8, 4) is 5.75 Å². The molecule has 0 spiro atoms. The summed E-state index contributed by atoms with van der Waals surface area (Å²) in [6, 6.07) is 22.1. The van der Waals surface area contributed by atoms with E-state index >= 15 is 0 Å². The zero-order valence-corrected chi connectivity index (χ0v) is 18.8. The van der Waals surface area contributed by atoms with E-state index in [1.165, 1.54) is 5.56 Å². The number of ether oxygens (including phenoxy) is 2. The van der Waals surface area contributed by atoms with Crippen LogP contribution in [0.25, 0.3) is 0 Å². The third kappa shape index (κ3) is 6.71. The summed E-state index contributed by atoms with van der Waals surface area (Å²) < 4.78 is 11.0. The highest BCUT2D eigenvalue weighted by atomic mass is 16.5. The molecule has 0 radical (unpaired) electrons. The fourth-order valence-corrected chi connectivity index (χ4v) is 3.14. The molecule has 1 amide bonds. The van der Waals surface area contributed by atoms with Gasteiger partial charge in [-0.15, -0.1) is 0 Å². The standard InChI is InChI=1S/C27H29NO4/c1-4-5-20-8-16-25(17-9-20)31-18-21-6-10-22(11-7-21)26(29)28-24-14-12-23(13-15-24)27(30)32-19(2)3/h6-17,19H,4-5,18H2,1-3H3,(H,28,29). The molecule has 0 unspecified atom stereocenters. The molecule has 3 rings (SSSR count). The minimum absolute atomic E-state index is 0.179. The highest BCUT2D eigenvalue weighted by Gasteiger charge is 2.10. The number of carbonyl (C=O) groups is 2. The van der Waals surface area contributed by atoms with Gasteiger partial charge in [0.05, 0.1) is 11.7 Å². The summed E-state index contributed by atoms with van der Waals surface area (Å²) in [5, 5.41) is 2.84. The lowest BCUT2D eigenvalue weighted by Gasteiger charge is -2.10. The minimum Gasteiger partial charge on any atom is -0.489 e. The molecule has 32 heavy (non-hydrogen) atoms. The van der Waals surface area contributed by atoms with Crippen molar-refractivity contribution >= 4 is 17.6 Å². The Kier molecular flexibility index (Phi) is 8.03. The quantitative estimate of drug-likeness (QED) is 0.420. The molecule has 0 heterocycles. The third-order valence-corrected chi connectivity index (χ3v) is 4.80. The Labute approximate surface area is 189 Å². The molecule has 5 nitrogen and oxygen atoms in total. The molecule has 0 aliphatic carbocycles. The van der Waals surface area contributed by atoms with Crippen LogP contribution in [0, 0.1) is 0 Å². The Morgan fingerprint density at radius 2 is 1.41 bits per heavy atom. The van der Waals surface area contributed by atoms with E-state index in [0.717, 1.165) is 24.2 Å². The van der Waals surface area contributed by atoms with Gasteiger partial charge in [-0.2, -0.15) is 0 Å². The third-order valence-electron chi connectivity index (χ3n) is 4.80. The largest absolute Gasteiger partial charge is 0.489 e. The van der Waals surface area contributed by atoms with Crippen molar-refractivity contribution in [3.05, 3.63) is 95.1 Å². The van der Waals surface area contributed by atoms with Gasteiger partial charge in [0.2, 0.25) is 0 Å². The van der Waals surface area contributed by atoms with E-state index in [4.69, 9.17) is 9.47 Å². The molecule has 0 fully saturated rings. The Morgan fingerprint density at radius 3 is 2.00 bits per heavy atom. The van der Waals surface area contributed by atoms with Gasteiger partial charge in [-0.25, -0.2) is 4.79 Å². The maximum Gasteiger partial charge on any atom is 0.338 e. The molecule has 0 aliphatic heterocycles. The number of esters is 1. The predicted molar refractivity (Wildman–Crippen MR) is 126 cm³/mol. The maximum atomic E-state index is 12.5. The first-order chi connectivity index (χ1) is 15.4. The lowest BCUT2D eigenvalue weighted by atomic mass is 10.1. The molecule has 5 heteroatoms. The summed E-state index contributed by atoms with van der Waals surface area (Å²) in [5.74, 6) is 0.224. The molecule has 0 aromatic heterocycles. The van der Waals surface area contributed by atoms with Gasteiger partial charge < -0.3 is 14.8 Å². The molecule has 0 saturated carbocycles. The van der Waals surface area contributed by atoms with Crippen molar-refractivity contribution in [2.45, 2.75) is 46.3 Å². The molecular formula is C27H29NO4. The average molecular weight is 432 g/mol. The van der Waals surface area contributed by atoms with Gasteiger partial charge in [0.1, 0.15) is 12.4 Å². The van der Waals surface area contributed by atoms with Gasteiger partial charge in [-0.05, 0) is 79.9 Å². The molecule has 0 bridgehead atoms. The summed E-state index contributed by atoms with van der Waals surface area (Å²) in [5.41, 5.74) is 3.88. The van der Waals surface area contributed by atoms with Gasteiger partial charge in [0.15, 0.2) is 0 Å². The molecule has 0 aliphatic rings. The summed E-state index contributed by atoms with van der Waals surface area (Å²) in [4.78, 5) is 24.4. The zero-order valence-electron chi connectivity index (χ0n) is 18.8. The van der Waals surface area contributed by atoms with Crippen LogP contribution in [-0.4, -0.2) is 18.0 Å². The number of carbonyl (C=O) groups excluding carboxylic acids is 2. The Hall–Kier alpha value is -3.60. The van der Waals surface area contributed by atoms with E-state index in [-0.39, 0.29) is 18.0 Å². The van der Waals surface area contributed by atoms with Crippen LogP contribution in [0.15, 0.2) is 72.8 Å². The maximum absolute atomic E-state index is 12.5. The van der Waals surface area contributed by atoms with E-state index in [1.54, 1.807) is 50.2 Å². The first-order valence-electron chi connectivity index (χ1n) is 10.9. The molecule has 0 saturated heterocycles. The number of benzene rings is 3. The Morgan fingerprint density at radius 1 is 0.812 bits per heavy atom. The van der Waals surface area contributed by atoms with Crippen LogP contribution in [-0.2, 0) is 17.8 Å². The number of rotatable bonds is 9. The van der Waals surface area contributed by atoms with Crippen molar-refractivity contribution in [2.75, 3.05) is 5.32 Å². The lowest BCUT2D eigenvalue weighted by Crippen LogP contribution is -2.13. The van der Waals surface area contributed by atoms with Crippen molar-refractivity contribution in [1.29, 1.82) is 0 Å². The van der Waals surface area contributed by atoms with Crippen LogP contribution in [0.5, 0.6) is 5.75 Å². The van der Waals surface area contributed by atoms with Crippen molar-refractivity contribution in [3.63, 3.8) is 0 Å². The van der Waals surface area contributed by atoms with E-state index in [2.05, 4.69) is 24.4 Å². The van der Waals surface area contributed by atoms with Crippen molar-refractivity contribution in [1.82, 2.24) is 0 Å². The van der Waals surface area contributed by atoms with Crippen LogP contribution >= 0.6 is 0 Å². The minimum atomic E-state index is -0.382. The first-order valence-corrected chi connectivity index (χ1v) is 10.9. The van der Waals surface area contributed by atoms with Crippen LogP contribution in [0.2, 0.25) is 0 Å². The fourth-order valence-electron chi connectivity index (χ4n) is 3.14. The van der Waals surface area contributed by atoms with E-state index in [0.29, 0.717) is 23.4 Å². The highest BCUT2D eigenvalue weighted by Crippen LogP contribution is 2.17. The van der Waals surface area contributed by atoms with Crippen LogP contribution < -0.4 is 10.1 Å². The number of hydrogen-bond donors (Lipinski definition) is 1. The van der Waals surface area contributed by atoms with E-state index in [1.807, 2.05) is 24.3 Å². The highest BCUT2D eigenvalue weighted by molar-refractivity contribution is 6.04. The topological polar surface area (TPSA) is 64.6 Å². The van der Waals surface area contributed by atoms with Gasteiger partial charge in [-0.3, -0.25) is 4.79 Å². The smallest absolute Gasteiger partial charge is 0.338 e. The van der Waals surface area contributed by atoms with E-state index in [9.17, 15) is 9.59 Å². The van der Waals surface area contributed by atoms with Gasteiger partial charge in [0, 0.05) is 11.3 Å². The zero-order chi connectivity index (χ0) is 22.9. The molecule has 3 aromatic rings. The second kappa shape index (κ2) is 11.1. The Balaban J connectivity index is 1.52. The second-order valence-electron chi connectivity index (χ2n) is 7.87. The fraction of sp³-hybridized carbons (Fsp3) is 0.259. The van der Waals surface area contributed by atoms with Crippen LogP contribution in [0.1, 0.15) is 59.0 Å². The predicted octanol–water partition coefficient (Wildman–Crippen LogP) is 6.04. The monoisotopic (exact) mass is 431 g/mol. The number of hydrogen-bond acceptors (Lipinski definition) is 4. The average Bonchev–Trinajstić information content (AvgIpc) is 2.79. The molecule has 1 N–H and O–H groups in total. The summed E-state index contributed by atoms with van der Waals surface area (Å²) in [7, 11) is 0. The Bertz CT molecular complexity index is 1020. The number of amides is 1. The van der Waals surface area contributed by atoms with Crippen molar-refractivity contribution < 1.29 is 19.1 Å². The molecule has 0 atom stereocenters. The van der Waals surface area contributed by atoms with Crippen molar-refractivity contribution in [2.24, 2.45) is 0 Å². The van der Waals surface area contributed by atoms with Crippen LogP contribution in [0.3, 0.4) is 0 Å².